The van der Waals surface area contributed by atoms with Crippen molar-refractivity contribution in [1.82, 2.24) is 15.5 Å². The Morgan fingerprint density at radius 2 is 1.91 bits per heavy atom. The van der Waals surface area contributed by atoms with Gasteiger partial charge in [0.2, 0.25) is 0 Å². The van der Waals surface area contributed by atoms with Crippen LogP contribution < -0.4 is 10.6 Å². The van der Waals surface area contributed by atoms with E-state index in [0.29, 0.717) is 13.0 Å². The number of guanidine groups is 1. The molecule has 0 saturated carbocycles. The molecule has 1 aromatic carbocycles. The van der Waals surface area contributed by atoms with E-state index in [9.17, 15) is 5.11 Å². The van der Waals surface area contributed by atoms with Crippen LogP contribution in [0.5, 0.6) is 0 Å². The van der Waals surface area contributed by atoms with Gasteiger partial charge in [0.05, 0.1) is 6.10 Å². The van der Waals surface area contributed by atoms with Gasteiger partial charge in [0.15, 0.2) is 5.96 Å². The fourth-order valence-corrected chi connectivity index (χ4v) is 2.09. The third kappa shape index (κ3) is 10.5. The van der Waals surface area contributed by atoms with Crippen molar-refractivity contribution >= 4 is 29.9 Å². The Morgan fingerprint density at radius 1 is 1.22 bits per heavy atom. The van der Waals surface area contributed by atoms with Gasteiger partial charge >= 0.3 is 0 Å². The van der Waals surface area contributed by atoms with Crippen LogP contribution in [0.25, 0.3) is 0 Å². The standard InChI is InChI=1S/C17H30N4O.HI/c1-4-18-17(19-12-8-14-21(2)3)20-13-11-16(22)15-9-6-5-7-10-15;/h5-7,9-10,16,22H,4,8,11-14H2,1-3H3,(H2,18,19,20);1H. The molecule has 0 amide bonds. The number of nitrogens with zero attached hydrogens (tertiary/aromatic N) is 2. The summed E-state index contributed by atoms with van der Waals surface area (Å²) < 4.78 is 0. The highest BCUT2D eigenvalue weighted by molar-refractivity contribution is 14.0. The molecular formula is C17H31IN4O. The van der Waals surface area contributed by atoms with Gasteiger partial charge in [-0.3, -0.25) is 4.99 Å². The van der Waals surface area contributed by atoms with Gasteiger partial charge in [0, 0.05) is 19.6 Å². The van der Waals surface area contributed by atoms with Crippen LogP contribution in [-0.2, 0) is 0 Å². The minimum atomic E-state index is -0.440. The summed E-state index contributed by atoms with van der Waals surface area (Å²) in [5.41, 5.74) is 0.956. The molecule has 1 aromatic rings. The maximum absolute atomic E-state index is 10.1. The number of nitrogens with one attached hydrogen (secondary N) is 2. The van der Waals surface area contributed by atoms with E-state index in [1.54, 1.807) is 0 Å². The first kappa shape index (κ1) is 22.1. The largest absolute Gasteiger partial charge is 0.388 e. The second kappa shape index (κ2) is 13.6. The number of halogens is 1. The van der Waals surface area contributed by atoms with Crippen LogP contribution >= 0.6 is 24.0 Å². The molecule has 0 aromatic heterocycles. The Balaban J connectivity index is 0.00000484. The van der Waals surface area contributed by atoms with Crippen molar-refractivity contribution in [2.24, 2.45) is 4.99 Å². The first-order valence-electron chi connectivity index (χ1n) is 8.03. The number of hydrogen-bond donors (Lipinski definition) is 3. The van der Waals surface area contributed by atoms with Crippen molar-refractivity contribution < 1.29 is 5.11 Å². The molecule has 1 unspecified atom stereocenters. The van der Waals surface area contributed by atoms with E-state index in [2.05, 4.69) is 41.5 Å². The van der Waals surface area contributed by atoms with E-state index >= 15 is 0 Å². The third-order valence-corrected chi connectivity index (χ3v) is 3.27. The minimum Gasteiger partial charge on any atom is -0.388 e. The molecule has 1 atom stereocenters. The zero-order chi connectivity index (χ0) is 16.2. The van der Waals surface area contributed by atoms with Gasteiger partial charge in [-0.15, -0.1) is 24.0 Å². The fourth-order valence-electron chi connectivity index (χ4n) is 2.09. The maximum Gasteiger partial charge on any atom is 0.191 e. The Morgan fingerprint density at radius 3 is 2.52 bits per heavy atom. The summed E-state index contributed by atoms with van der Waals surface area (Å²) in [7, 11) is 4.14. The Labute approximate surface area is 157 Å². The summed E-state index contributed by atoms with van der Waals surface area (Å²) in [6.07, 6.45) is 1.26. The van der Waals surface area contributed by atoms with E-state index in [0.717, 1.165) is 37.6 Å². The minimum absolute atomic E-state index is 0. The summed E-state index contributed by atoms with van der Waals surface area (Å²) >= 11 is 0. The second-order valence-electron chi connectivity index (χ2n) is 5.56. The summed E-state index contributed by atoms with van der Waals surface area (Å²) in [6.45, 7) is 5.41. The van der Waals surface area contributed by atoms with E-state index in [4.69, 9.17) is 0 Å². The molecule has 0 bridgehead atoms. The van der Waals surface area contributed by atoms with Crippen LogP contribution in [0.3, 0.4) is 0 Å². The summed E-state index contributed by atoms with van der Waals surface area (Å²) in [4.78, 5) is 6.70. The van der Waals surface area contributed by atoms with Crippen molar-refractivity contribution in [3.05, 3.63) is 35.9 Å². The van der Waals surface area contributed by atoms with E-state index in [1.807, 2.05) is 30.3 Å². The normalized spacial score (nSPS) is 12.7. The molecule has 0 heterocycles. The number of rotatable bonds is 9. The molecule has 0 aliphatic carbocycles. The van der Waals surface area contributed by atoms with Gasteiger partial charge < -0.3 is 20.6 Å². The molecule has 0 aliphatic heterocycles. The van der Waals surface area contributed by atoms with Crippen LogP contribution in [0.1, 0.15) is 31.4 Å². The first-order chi connectivity index (χ1) is 10.6. The highest BCUT2D eigenvalue weighted by Crippen LogP contribution is 2.14. The van der Waals surface area contributed by atoms with Crippen molar-refractivity contribution in [3.63, 3.8) is 0 Å². The monoisotopic (exact) mass is 434 g/mol. The van der Waals surface area contributed by atoms with Gasteiger partial charge in [0.1, 0.15) is 0 Å². The summed E-state index contributed by atoms with van der Waals surface area (Å²) in [5, 5.41) is 16.6. The highest BCUT2D eigenvalue weighted by atomic mass is 127. The lowest BCUT2D eigenvalue weighted by Gasteiger charge is -2.14. The van der Waals surface area contributed by atoms with Gasteiger partial charge in [-0.1, -0.05) is 30.3 Å². The number of aliphatic hydroxyl groups excluding tert-OH is 1. The van der Waals surface area contributed by atoms with E-state index < -0.39 is 6.10 Å². The van der Waals surface area contributed by atoms with Crippen molar-refractivity contribution in [3.8, 4) is 0 Å². The van der Waals surface area contributed by atoms with Gasteiger partial charge in [-0.05, 0) is 46.0 Å². The van der Waals surface area contributed by atoms with E-state index in [1.165, 1.54) is 0 Å². The van der Waals surface area contributed by atoms with Crippen LogP contribution in [0.4, 0.5) is 0 Å². The first-order valence-corrected chi connectivity index (χ1v) is 8.03. The third-order valence-electron chi connectivity index (χ3n) is 3.27. The lowest BCUT2D eigenvalue weighted by Crippen LogP contribution is -2.38. The number of aliphatic hydroxyl groups is 1. The molecule has 1 rings (SSSR count). The SMILES string of the molecule is CCNC(=NCCCN(C)C)NCCC(O)c1ccccc1.I. The molecule has 0 aliphatic rings. The summed E-state index contributed by atoms with van der Waals surface area (Å²) in [5.74, 6) is 0.821. The summed E-state index contributed by atoms with van der Waals surface area (Å²) in [6, 6.07) is 9.75. The predicted molar refractivity (Wildman–Crippen MR) is 109 cm³/mol. The molecule has 0 fully saturated rings. The quantitative estimate of drug-likeness (QED) is 0.242. The molecule has 5 nitrogen and oxygen atoms in total. The second-order valence-corrected chi connectivity index (χ2v) is 5.56. The molecule has 132 valence electrons. The zero-order valence-corrected chi connectivity index (χ0v) is 16.8. The molecule has 6 heteroatoms. The van der Waals surface area contributed by atoms with Crippen LogP contribution in [-0.4, -0.2) is 56.2 Å². The Hall–Kier alpha value is -0.860. The van der Waals surface area contributed by atoms with Gasteiger partial charge in [-0.2, -0.15) is 0 Å². The van der Waals surface area contributed by atoms with Gasteiger partial charge in [0.25, 0.3) is 0 Å². The molecule has 3 N–H and O–H groups in total. The van der Waals surface area contributed by atoms with Crippen molar-refractivity contribution in [2.45, 2.75) is 25.9 Å². The zero-order valence-electron chi connectivity index (χ0n) is 14.5. The van der Waals surface area contributed by atoms with Gasteiger partial charge in [-0.25, -0.2) is 0 Å². The smallest absolute Gasteiger partial charge is 0.191 e. The van der Waals surface area contributed by atoms with E-state index in [-0.39, 0.29) is 24.0 Å². The molecule has 0 saturated heterocycles. The predicted octanol–water partition coefficient (Wildman–Crippen LogP) is 2.23. The average Bonchev–Trinajstić information content (AvgIpc) is 2.52. The molecular weight excluding hydrogens is 403 g/mol. The number of hydrogen-bond acceptors (Lipinski definition) is 3. The topological polar surface area (TPSA) is 59.9 Å². The van der Waals surface area contributed by atoms with Crippen LogP contribution in [0.15, 0.2) is 35.3 Å². The lowest BCUT2D eigenvalue weighted by molar-refractivity contribution is 0.168. The molecule has 23 heavy (non-hydrogen) atoms. The molecule has 0 spiro atoms. The molecule has 0 radical (unpaired) electrons. The average molecular weight is 434 g/mol. The maximum atomic E-state index is 10.1. The lowest BCUT2D eigenvalue weighted by atomic mass is 10.1. The fraction of sp³-hybridized carbons (Fsp3) is 0.588. The van der Waals surface area contributed by atoms with Crippen molar-refractivity contribution in [1.29, 1.82) is 0 Å². The Bertz CT molecular complexity index is 426. The Kier molecular flexibility index (Phi) is 13.1. The number of aliphatic imine (C=N–C) groups is 1. The van der Waals surface area contributed by atoms with Crippen molar-refractivity contribution in [2.75, 3.05) is 40.3 Å². The van der Waals surface area contributed by atoms with Crippen LogP contribution in [0.2, 0.25) is 0 Å². The van der Waals surface area contributed by atoms with Crippen LogP contribution in [0, 0.1) is 0 Å². The number of benzene rings is 1. The highest BCUT2D eigenvalue weighted by Gasteiger charge is 2.06.